The molecule has 158 valence electrons. The number of anilines is 2. The highest BCUT2D eigenvalue weighted by Gasteiger charge is 2.43. The zero-order valence-electron chi connectivity index (χ0n) is 16.9. The average Bonchev–Trinajstić information content (AvgIpc) is 3.26. The Labute approximate surface area is 181 Å². The van der Waals surface area contributed by atoms with Crippen molar-refractivity contribution in [3.63, 3.8) is 0 Å². The first-order valence-corrected chi connectivity index (χ1v) is 11.0. The molecule has 1 aliphatic heterocycles. The number of carbonyl (C=O) groups excluding carboxylic acids is 1. The predicted octanol–water partition coefficient (Wildman–Crippen LogP) is 5.69. The van der Waals surface area contributed by atoms with Gasteiger partial charge in [0.1, 0.15) is 0 Å². The fourth-order valence-corrected chi connectivity index (χ4v) is 5.12. The van der Waals surface area contributed by atoms with E-state index in [1.807, 2.05) is 18.2 Å². The first kappa shape index (κ1) is 20.7. The summed E-state index contributed by atoms with van der Waals surface area (Å²) < 4.78 is 0. The monoisotopic (exact) mass is 427 g/mol. The Morgan fingerprint density at radius 1 is 1.00 bits per heavy atom. The topological polar surface area (TPSA) is 75.5 Å². The second-order valence-corrected chi connectivity index (χ2v) is 8.64. The maximum absolute atomic E-state index is 13.6. The molecule has 0 spiro atoms. The molecule has 2 aromatic rings. The van der Waals surface area contributed by atoms with Crippen LogP contribution in [-0.4, -0.2) is 23.9 Å². The molecule has 2 aromatic carbocycles. The molecule has 0 radical (unpaired) electrons. The molecule has 0 bridgehead atoms. The number of carbonyl (C=O) groups is 1. The fraction of sp³-hybridized carbons (Fsp3) is 0.435. The van der Waals surface area contributed by atoms with E-state index in [4.69, 9.17) is 11.6 Å². The van der Waals surface area contributed by atoms with Gasteiger partial charge in [-0.25, -0.2) is 0 Å². The summed E-state index contributed by atoms with van der Waals surface area (Å²) in [5.41, 5.74) is 1.84. The average molecular weight is 428 g/mol. The summed E-state index contributed by atoms with van der Waals surface area (Å²) >= 11 is 6.55. The molecule has 0 unspecified atom stereocenters. The number of benzene rings is 2. The first-order valence-electron chi connectivity index (χ1n) is 10.6. The Morgan fingerprint density at radius 3 is 2.30 bits per heavy atom. The van der Waals surface area contributed by atoms with E-state index in [0.29, 0.717) is 5.02 Å². The van der Waals surface area contributed by atoms with Crippen molar-refractivity contribution in [3.05, 3.63) is 63.2 Å². The molecule has 1 aliphatic carbocycles. The van der Waals surface area contributed by atoms with Gasteiger partial charge in [-0.1, -0.05) is 42.6 Å². The highest BCUT2D eigenvalue weighted by Crippen LogP contribution is 2.44. The molecule has 2 aliphatic rings. The molecular weight excluding hydrogens is 402 g/mol. The van der Waals surface area contributed by atoms with E-state index in [1.54, 1.807) is 12.1 Å². The molecule has 1 heterocycles. The van der Waals surface area contributed by atoms with Crippen molar-refractivity contribution in [3.8, 4) is 0 Å². The van der Waals surface area contributed by atoms with Gasteiger partial charge in [-0.15, -0.1) is 0 Å². The second-order valence-electron chi connectivity index (χ2n) is 8.23. The SMILES string of the molecule is O=C(Nc1cccc(Cl)c1N1CCCCC1)C1(c2ccc([N+](=O)[O-])cc2)CCCC1. The van der Waals surface area contributed by atoms with Gasteiger partial charge in [-0.05, 0) is 49.8 Å². The van der Waals surface area contributed by atoms with E-state index in [0.717, 1.165) is 68.6 Å². The van der Waals surface area contributed by atoms with Gasteiger partial charge in [-0.3, -0.25) is 14.9 Å². The van der Waals surface area contributed by atoms with E-state index in [9.17, 15) is 14.9 Å². The molecule has 1 amide bonds. The largest absolute Gasteiger partial charge is 0.369 e. The third-order valence-corrected chi connectivity index (χ3v) is 6.73. The molecule has 0 atom stereocenters. The summed E-state index contributed by atoms with van der Waals surface area (Å²) in [7, 11) is 0. The number of nitrogens with zero attached hydrogens (tertiary/aromatic N) is 2. The van der Waals surface area contributed by atoms with Crippen LogP contribution < -0.4 is 10.2 Å². The highest BCUT2D eigenvalue weighted by atomic mass is 35.5. The fourth-order valence-electron chi connectivity index (χ4n) is 4.82. The number of hydrogen-bond donors (Lipinski definition) is 1. The van der Waals surface area contributed by atoms with Crippen LogP contribution in [0.2, 0.25) is 5.02 Å². The Balaban J connectivity index is 1.65. The smallest absolute Gasteiger partial charge is 0.269 e. The summed E-state index contributed by atoms with van der Waals surface area (Å²) in [5.74, 6) is -0.0608. The van der Waals surface area contributed by atoms with Crippen LogP contribution in [0.4, 0.5) is 17.1 Å². The molecule has 6 nitrogen and oxygen atoms in total. The van der Waals surface area contributed by atoms with Crippen LogP contribution in [0.25, 0.3) is 0 Å². The van der Waals surface area contributed by atoms with E-state index >= 15 is 0 Å². The lowest BCUT2D eigenvalue weighted by molar-refractivity contribution is -0.384. The van der Waals surface area contributed by atoms with Crippen molar-refractivity contribution in [2.75, 3.05) is 23.3 Å². The Kier molecular flexibility index (Phi) is 5.95. The summed E-state index contributed by atoms with van der Waals surface area (Å²) in [6.07, 6.45) is 6.83. The number of amides is 1. The molecule has 0 aromatic heterocycles. The van der Waals surface area contributed by atoms with E-state index in [-0.39, 0.29) is 11.6 Å². The maximum atomic E-state index is 13.6. The first-order chi connectivity index (χ1) is 14.5. The van der Waals surface area contributed by atoms with Crippen LogP contribution >= 0.6 is 11.6 Å². The number of piperidine rings is 1. The van der Waals surface area contributed by atoms with Crippen molar-refractivity contribution < 1.29 is 9.72 Å². The van der Waals surface area contributed by atoms with Gasteiger partial charge < -0.3 is 10.2 Å². The lowest BCUT2D eigenvalue weighted by Gasteiger charge is -2.33. The number of non-ortho nitro benzene ring substituents is 1. The number of rotatable bonds is 5. The molecule has 1 saturated heterocycles. The molecule has 30 heavy (non-hydrogen) atoms. The number of hydrogen-bond acceptors (Lipinski definition) is 4. The molecule has 1 N–H and O–H groups in total. The zero-order chi connectivity index (χ0) is 21.1. The number of nitro benzene ring substituents is 1. The lowest BCUT2D eigenvalue weighted by Crippen LogP contribution is -2.38. The van der Waals surface area contributed by atoms with Gasteiger partial charge in [-0.2, -0.15) is 0 Å². The van der Waals surface area contributed by atoms with Crippen molar-refractivity contribution in [2.24, 2.45) is 0 Å². The van der Waals surface area contributed by atoms with Crippen LogP contribution in [0, 0.1) is 10.1 Å². The van der Waals surface area contributed by atoms with Crippen molar-refractivity contribution in [1.82, 2.24) is 0 Å². The van der Waals surface area contributed by atoms with Gasteiger partial charge >= 0.3 is 0 Å². The summed E-state index contributed by atoms with van der Waals surface area (Å²) in [6.45, 7) is 1.86. The predicted molar refractivity (Wildman–Crippen MR) is 119 cm³/mol. The van der Waals surface area contributed by atoms with Crippen molar-refractivity contribution in [1.29, 1.82) is 0 Å². The van der Waals surface area contributed by atoms with Gasteiger partial charge in [0.25, 0.3) is 5.69 Å². The molecule has 1 saturated carbocycles. The highest BCUT2D eigenvalue weighted by molar-refractivity contribution is 6.34. The number of nitro groups is 1. The Bertz CT molecular complexity index is 933. The van der Waals surface area contributed by atoms with Crippen LogP contribution in [-0.2, 0) is 10.2 Å². The van der Waals surface area contributed by atoms with Crippen molar-refractivity contribution in [2.45, 2.75) is 50.4 Å². The van der Waals surface area contributed by atoms with E-state index < -0.39 is 10.3 Å². The van der Waals surface area contributed by atoms with Crippen molar-refractivity contribution >= 4 is 34.6 Å². The Hall–Kier alpha value is -2.60. The minimum absolute atomic E-state index is 0.0366. The third-order valence-electron chi connectivity index (χ3n) is 6.43. The van der Waals surface area contributed by atoms with Gasteiger partial charge in [0, 0.05) is 25.2 Å². The minimum Gasteiger partial charge on any atom is -0.369 e. The standard InChI is InChI=1S/C23H26ClN3O3/c24-19-7-6-8-20(21(19)26-15-4-1-5-16-26)25-22(28)23(13-2-3-14-23)17-9-11-18(12-10-17)27(29)30/h6-12H,1-5,13-16H2,(H,25,28). The summed E-state index contributed by atoms with van der Waals surface area (Å²) in [4.78, 5) is 26.5. The van der Waals surface area contributed by atoms with Gasteiger partial charge in [0.05, 0.1) is 26.7 Å². The van der Waals surface area contributed by atoms with Crippen LogP contribution in [0.5, 0.6) is 0 Å². The number of para-hydroxylation sites is 1. The second kappa shape index (κ2) is 8.64. The summed E-state index contributed by atoms with van der Waals surface area (Å²) in [6, 6.07) is 12.1. The maximum Gasteiger partial charge on any atom is 0.269 e. The molecular formula is C23H26ClN3O3. The molecule has 4 rings (SSSR count). The van der Waals surface area contributed by atoms with Gasteiger partial charge in [0.15, 0.2) is 0 Å². The van der Waals surface area contributed by atoms with Crippen LogP contribution in [0.15, 0.2) is 42.5 Å². The third kappa shape index (κ3) is 3.88. The number of halogens is 1. The summed E-state index contributed by atoms with van der Waals surface area (Å²) in [5, 5.41) is 14.8. The molecule has 7 heteroatoms. The zero-order valence-corrected chi connectivity index (χ0v) is 17.7. The Morgan fingerprint density at radius 2 is 1.67 bits per heavy atom. The van der Waals surface area contributed by atoms with Crippen LogP contribution in [0.3, 0.4) is 0 Å². The van der Waals surface area contributed by atoms with E-state index in [1.165, 1.54) is 18.6 Å². The van der Waals surface area contributed by atoms with Gasteiger partial charge in [0.2, 0.25) is 5.91 Å². The van der Waals surface area contributed by atoms with E-state index in [2.05, 4.69) is 10.2 Å². The van der Waals surface area contributed by atoms with Crippen LogP contribution in [0.1, 0.15) is 50.5 Å². The number of nitrogens with one attached hydrogen (secondary N) is 1. The normalized spacial score (nSPS) is 18.2. The lowest BCUT2D eigenvalue weighted by atomic mass is 9.78. The minimum atomic E-state index is -0.670. The molecule has 2 fully saturated rings. The quantitative estimate of drug-likeness (QED) is 0.491.